The maximum absolute atomic E-state index is 8.89. The van der Waals surface area contributed by atoms with E-state index in [0.717, 1.165) is 48.5 Å². The molecule has 0 aromatic heterocycles. The molecule has 0 aliphatic heterocycles. The third-order valence-corrected chi connectivity index (χ3v) is 0. The molecule has 0 unspecified atom stereocenters. The van der Waals surface area contributed by atoms with Gasteiger partial charge < -0.3 is 69.3 Å². The standard InChI is InChI=1S/7C2H4O2.K.W/c7*1-2(3)4;;/h7*1H3,(H,3,4);;/q;;;;;;;+1;+6/p-7. The number of carboxylic acids is 7. The van der Waals surface area contributed by atoms with Gasteiger partial charge in [0.15, 0.2) is 0 Å². The van der Waals surface area contributed by atoms with Crippen LogP contribution in [0.1, 0.15) is 48.5 Å². The zero-order chi connectivity index (χ0) is 25.0. The van der Waals surface area contributed by atoms with E-state index in [1.165, 1.54) is 0 Å². The number of carbonyl (C=O) groups excluding carboxylic acids is 7. The van der Waals surface area contributed by atoms with Gasteiger partial charge in [0.2, 0.25) is 0 Å². The van der Waals surface area contributed by atoms with Crippen LogP contribution in [0, 0.1) is 0 Å². The summed E-state index contributed by atoms with van der Waals surface area (Å²) < 4.78 is 0. The molecule has 0 aromatic carbocycles. The summed E-state index contributed by atoms with van der Waals surface area (Å²) in [5, 5.41) is 62.2. The van der Waals surface area contributed by atoms with E-state index in [4.69, 9.17) is 69.3 Å². The fourth-order valence-corrected chi connectivity index (χ4v) is 0. The molecule has 168 valence electrons. The molecule has 0 aromatic rings. The first-order chi connectivity index (χ1) is 12.1. The van der Waals surface area contributed by atoms with Crippen LogP contribution in [0.4, 0.5) is 0 Å². The molecule has 14 nitrogen and oxygen atoms in total. The van der Waals surface area contributed by atoms with Crippen molar-refractivity contribution < 1.29 is 142 Å². The summed E-state index contributed by atoms with van der Waals surface area (Å²) in [7, 11) is 0. The van der Waals surface area contributed by atoms with Gasteiger partial charge in [-0.1, -0.05) is 0 Å². The minimum Gasteiger partial charge on any atom is -0.550 e. The van der Waals surface area contributed by atoms with Gasteiger partial charge in [0, 0.05) is 41.8 Å². The second-order valence-electron chi connectivity index (χ2n) is 3.44. The Balaban J connectivity index is -0.0000000242. The molecule has 30 heavy (non-hydrogen) atoms. The van der Waals surface area contributed by atoms with Crippen LogP contribution in [0.2, 0.25) is 0 Å². The first kappa shape index (κ1) is 56.7. The molecule has 0 heterocycles. The van der Waals surface area contributed by atoms with Gasteiger partial charge in [0.1, 0.15) is 0 Å². The first-order valence-electron chi connectivity index (χ1n) is 6.36. The summed E-state index contributed by atoms with van der Waals surface area (Å²) in [4.78, 5) is 62.2. The Morgan fingerprint density at radius 3 is 0.333 bits per heavy atom. The summed E-state index contributed by atoms with van der Waals surface area (Å²) in [6, 6.07) is 0. The molecule has 0 N–H and O–H groups in total. The maximum atomic E-state index is 8.89. The van der Waals surface area contributed by atoms with Gasteiger partial charge in [0.25, 0.3) is 0 Å². The summed E-state index contributed by atoms with van der Waals surface area (Å²) >= 11 is 0. The maximum Gasteiger partial charge on any atom is 6.00 e. The molecular formula is C14H21KO14W. The second-order valence-corrected chi connectivity index (χ2v) is 3.44. The molecule has 0 saturated carbocycles. The van der Waals surface area contributed by atoms with Crippen molar-refractivity contribution in [3.63, 3.8) is 0 Å². The predicted molar refractivity (Wildman–Crippen MR) is 74.8 cm³/mol. The van der Waals surface area contributed by atoms with Gasteiger partial charge in [0.05, 0.1) is 0 Å². The van der Waals surface area contributed by atoms with Gasteiger partial charge in [-0.15, -0.1) is 0 Å². The molecule has 0 fully saturated rings. The zero-order valence-corrected chi connectivity index (χ0v) is 23.7. The Kier molecular flexibility index (Phi) is 96.1. The molecular weight excluding hydrogens is 615 g/mol. The number of hydrogen-bond donors (Lipinski definition) is 0. The molecule has 16 heteroatoms. The van der Waals surface area contributed by atoms with Gasteiger partial charge in [-0.05, 0) is 48.5 Å². The largest absolute Gasteiger partial charge is 6.00 e. The zero-order valence-electron chi connectivity index (χ0n) is 17.6. The number of aliphatic carboxylic acids is 7. The average Bonchev–Trinajstić information content (AvgIpc) is 2.20. The van der Waals surface area contributed by atoms with Gasteiger partial charge in [-0.3, -0.25) is 0 Å². The van der Waals surface area contributed by atoms with Crippen LogP contribution in [0.5, 0.6) is 0 Å². The fourth-order valence-electron chi connectivity index (χ4n) is 0. The Hall–Kier alpha value is -1.39. The molecule has 0 saturated heterocycles. The van der Waals surface area contributed by atoms with Crippen molar-refractivity contribution in [2.45, 2.75) is 48.5 Å². The number of rotatable bonds is 0. The minimum atomic E-state index is -1.08. The summed E-state index contributed by atoms with van der Waals surface area (Å²) in [6.07, 6.45) is 0. The van der Waals surface area contributed by atoms with Crippen LogP contribution >= 0.6 is 0 Å². The van der Waals surface area contributed by atoms with Gasteiger partial charge >= 0.3 is 72.4 Å². The minimum absolute atomic E-state index is 0. The first-order valence-corrected chi connectivity index (χ1v) is 6.36. The monoisotopic (exact) mass is 636 g/mol. The van der Waals surface area contributed by atoms with Crippen LogP contribution in [0.25, 0.3) is 0 Å². The SMILES string of the molecule is CC(=O)[O-].CC(=O)[O-].CC(=O)[O-].CC(=O)[O-].CC(=O)[O-].CC(=O)[O-].CC(=O)[O-].[K+].[W+6]. The number of carboxylic acid groups (broad SMARTS) is 7. The van der Waals surface area contributed by atoms with Crippen LogP contribution in [0.3, 0.4) is 0 Å². The number of carbonyl (C=O) groups is 7. The van der Waals surface area contributed by atoms with E-state index in [9.17, 15) is 0 Å². The van der Waals surface area contributed by atoms with Crippen molar-refractivity contribution in [2.75, 3.05) is 0 Å². The van der Waals surface area contributed by atoms with E-state index >= 15 is 0 Å². The summed E-state index contributed by atoms with van der Waals surface area (Å²) in [5.41, 5.74) is 0. The van der Waals surface area contributed by atoms with Crippen molar-refractivity contribution in [3.8, 4) is 0 Å². The van der Waals surface area contributed by atoms with E-state index in [0.29, 0.717) is 0 Å². The number of hydrogen-bond acceptors (Lipinski definition) is 14. The second kappa shape index (κ2) is 50.8. The molecule has 0 aliphatic rings. The third-order valence-electron chi connectivity index (χ3n) is 0. The molecule has 0 spiro atoms. The topological polar surface area (TPSA) is 281 Å². The molecule has 0 radical (unpaired) electrons. The fraction of sp³-hybridized carbons (Fsp3) is 0.500. The molecule has 0 bridgehead atoms. The van der Waals surface area contributed by atoms with Crippen molar-refractivity contribution in [2.24, 2.45) is 0 Å². The Bertz CT molecular complexity index is 320. The molecule has 0 aliphatic carbocycles. The molecule has 0 rings (SSSR count). The molecule has 0 atom stereocenters. The smallest absolute Gasteiger partial charge is 0.550 e. The Morgan fingerprint density at radius 1 is 0.333 bits per heavy atom. The van der Waals surface area contributed by atoms with E-state index in [1.807, 2.05) is 0 Å². The van der Waals surface area contributed by atoms with Crippen LogP contribution in [0.15, 0.2) is 0 Å². The Labute approximate surface area is 230 Å². The molecule has 0 amide bonds. The van der Waals surface area contributed by atoms with Crippen molar-refractivity contribution in [1.29, 1.82) is 0 Å². The van der Waals surface area contributed by atoms with Gasteiger partial charge in [-0.2, -0.15) is 0 Å². The van der Waals surface area contributed by atoms with Crippen LogP contribution in [-0.2, 0) is 54.6 Å². The van der Waals surface area contributed by atoms with Crippen molar-refractivity contribution >= 4 is 41.8 Å². The van der Waals surface area contributed by atoms with E-state index in [2.05, 4.69) is 0 Å². The quantitative estimate of drug-likeness (QED) is 0.223. The van der Waals surface area contributed by atoms with E-state index in [1.54, 1.807) is 0 Å². The van der Waals surface area contributed by atoms with Crippen LogP contribution < -0.4 is 87.1 Å². The van der Waals surface area contributed by atoms with E-state index in [-0.39, 0.29) is 72.4 Å². The predicted octanol–water partition coefficient (Wildman–Crippen LogP) is -11.7. The normalized spacial score (nSPS) is 5.83. The summed E-state index contributed by atoms with van der Waals surface area (Å²) in [5.74, 6) is -7.58. The van der Waals surface area contributed by atoms with Gasteiger partial charge in [-0.25, -0.2) is 0 Å². The van der Waals surface area contributed by atoms with Crippen LogP contribution in [-0.4, -0.2) is 41.8 Å². The third kappa shape index (κ3) is 9100. The average molecular weight is 636 g/mol. The summed E-state index contributed by atoms with van der Waals surface area (Å²) in [6.45, 7) is 6.81. The van der Waals surface area contributed by atoms with Crippen molar-refractivity contribution in [3.05, 3.63) is 0 Å². The van der Waals surface area contributed by atoms with E-state index < -0.39 is 41.8 Å². The van der Waals surface area contributed by atoms with Crippen molar-refractivity contribution in [1.82, 2.24) is 0 Å². The Morgan fingerprint density at radius 2 is 0.333 bits per heavy atom.